The van der Waals surface area contributed by atoms with E-state index in [1.807, 2.05) is 13.8 Å². The summed E-state index contributed by atoms with van der Waals surface area (Å²) in [5.41, 5.74) is 0.279. The fourth-order valence-electron chi connectivity index (χ4n) is 1.55. The van der Waals surface area contributed by atoms with Crippen LogP contribution in [0.3, 0.4) is 0 Å². The molecule has 1 aromatic heterocycles. The van der Waals surface area contributed by atoms with Crippen molar-refractivity contribution in [3.63, 3.8) is 0 Å². The van der Waals surface area contributed by atoms with Gasteiger partial charge in [-0.1, -0.05) is 39.3 Å². The molecule has 0 radical (unpaired) electrons. The van der Waals surface area contributed by atoms with Gasteiger partial charge in [0.05, 0.1) is 10.2 Å². The van der Waals surface area contributed by atoms with E-state index in [0.29, 0.717) is 11.0 Å². The molecule has 0 amide bonds. The summed E-state index contributed by atoms with van der Waals surface area (Å²) in [6.07, 6.45) is 0.783. The fourth-order valence-corrected chi connectivity index (χ4v) is 2.49. The Kier molecular flexibility index (Phi) is 4.79. The van der Waals surface area contributed by atoms with Crippen LogP contribution in [-0.4, -0.2) is 17.1 Å². The molecule has 1 unspecified atom stereocenters. The van der Waals surface area contributed by atoms with E-state index in [1.165, 1.54) is 0 Å². The first kappa shape index (κ1) is 15.9. The largest absolute Gasteiger partial charge is 0.371 e. The highest BCUT2D eigenvalue weighted by Crippen LogP contribution is 2.35. The number of aromatic nitrogens is 2. The Labute approximate surface area is 122 Å². The highest BCUT2D eigenvalue weighted by molar-refractivity contribution is 9.10. The number of hydrogen-bond acceptors (Lipinski definition) is 3. The summed E-state index contributed by atoms with van der Waals surface area (Å²) < 4.78 is 6.30. The van der Waals surface area contributed by atoms with Gasteiger partial charge in [-0.05, 0) is 29.3 Å². The standard InChI is InChI=1S/C13H20BrClN2O/c1-7-13(5,18-6)11-16-9(12(2,3)4)8(14)10(15)17-11/h7H2,1-6H3. The molecule has 102 valence electrons. The van der Waals surface area contributed by atoms with Gasteiger partial charge in [-0.2, -0.15) is 0 Å². The van der Waals surface area contributed by atoms with Gasteiger partial charge >= 0.3 is 0 Å². The Morgan fingerprint density at radius 3 is 2.17 bits per heavy atom. The Morgan fingerprint density at radius 2 is 1.78 bits per heavy atom. The third kappa shape index (κ3) is 3.03. The lowest BCUT2D eigenvalue weighted by atomic mass is 9.91. The number of hydrogen-bond donors (Lipinski definition) is 0. The normalized spacial score (nSPS) is 15.6. The van der Waals surface area contributed by atoms with Gasteiger partial charge < -0.3 is 4.74 Å². The Balaban J connectivity index is 3.47. The lowest BCUT2D eigenvalue weighted by Gasteiger charge is -2.28. The fraction of sp³-hybridized carbons (Fsp3) is 0.692. The van der Waals surface area contributed by atoms with E-state index in [-0.39, 0.29) is 5.41 Å². The Bertz CT molecular complexity index is 439. The van der Waals surface area contributed by atoms with E-state index in [4.69, 9.17) is 16.3 Å². The highest BCUT2D eigenvalue weighted by Gasteiger charge is 2.31. The number of nitrogens with zero attached hydrogens (tertiary/aromatic N) is 2. The first-order chi connectivity index (χ1) is 8.15. The van der Waals surface area contributed by atoms with Gasteiger partial charge in [0.1, 0.15) is 10.8 Å². The van der Waals surface area contributed by atoms with Crippen molar-refractivity contribution in [3.8, 4) is 0 Å². The third-order valence-corrected chi connectivity index (χ3v) is 4.37. The van der Waals surface area contributed by atoms with Crippen LogP contribution < -0.4 is 0 Å². The smallest absolute Gasteiger partial charge is 0.161 e. The van der Waals surface area contributed by atoms with Gasteiger partial charge in [-0.25, -0.2) is 9.97 Å². The second kappa shape index (κ2) is 5.43. The molecule has 0 bridgehead atoms. The van der Waals surface area contributed by atoms with Crippen LogP contribution in [0.25, 0.3) is 0 Å². The summed E-state index contributed by atoms with van der Waals surface area (Å²) in [7, 11) is 1.67. The van der Waals surface area contributed by atoms with Crippen molar-refractivity contribution in [2.45, 2.75) is 52.1 Å². The molecule has 1 aromatic rings. The van der Waals surface area contributed by atoms with Gasteiger partial charge in [0, 0.05) is 12.5 Å². The molecule has 0 fully saturated rings. The van der Waals surface area contributed by atoms with Crippen LogP contribution in [0.1, 0.15) is 52.6 Å². The van der Waals surface area contributed by atoms with Crippen LogP contribution >= 0.6 is 27.5 Å². The topological polar surface area (TPSA) is 35.0 Å². The Morgan fingerprint density at radius 1 is 1.22 bits per heavy atom. The van der Waals surface area contributed by atoms with Crippen LogP contribution in [-0.2, 0) is 15.8 Å². The van der Waals surface area contributed by atoms with Crippen molar-refractivity contribution in [3.05, 3.63) is 21.1 Å². The molecule has 0 saturated heterocycles. The van der Waals surface area contributed by atoms with Crippen molar-refractivity contribution in [2.75, 3.05) is 7.11 Å². The minimum absolute atomic E-state index is 0.109. The van der Waals surface area contributed by atoms with Crippen LogP contribution in [0.4, 0.5) is 0 Å². The first-order valence-electron chi connectivity index (χ1n) is 5.95. The summed E-state index contributed by atoms with van der Waals surface area (Å²) >= 11 is 9.65. The monoisotopic (exact) mass is 334 g/mol. The van der Waals surface area contributed by atoms with E-state index < -0.39 is 5.60 Å². The molecule has 0 N–H and O–H groups in total. The van der Waals surface area contributed by atoms with E-state index in [2.05, 4.69) is 46.7 Å². The van der Waals surface area contributed by atoms with Gasteiger partial charge in [0.15, 0.2) is 5.82 Å². The first-order valence-corrected chi connectivity index (χ1v) is 7.12. The zero-order valence-electron chi connectivity index (χ0n) is 11.8. The lowest BCUT2D eigenvalue weighted by molar-refractivity contribution is -0.00931. The maximum Gasteiger partial charge on any atom is 0.161 e. The molecule has 0 saturated carbocycles. The minimum Gasteiger partial charge on any atom is -0.371 e. The van der Waals surface area contributed by atoms with Crippen LogP contribution in [0.15, 0.2) is 4.47 Å². The summed E-state index contributed by atoms with van der Waals surface area (Å²) in [6.45, 7) is 10.3. The summed E-state index contributed by atoms with van der Waals surface area (Å²) in [5, 5.41) is 0.432. The van der Waals surface area contributed by atoms with Crippen molar-refractivity contribution >= 4 is 27.5 Å². The maximum absolute atomic E-state index is 6.19. The molecule has 0 aliphatic carbocycles. The van der Waals surface area contributed by atoms with Crippen LogP contribution in [0.5, 0.6) is 0 Å². The van der Waals surface area contributed by atoms with Crippen molar-refractivity contribution in [2.24, 2.45) is 0 Å². The predicted molar refractivity (Wildman–Crippen MR) is 78.1 cm³/mol. The zero-order chi connectivity index (χ0) is 14.1. The maximum atomic E-state index is 6.19. The molecule has 0 aliphatic rings. The van der Waals surface area contributed by atoms with E-state index in [9.17, 15) is 0 Å². The molecule has 1 rings (SSSR count). The molecule has 1 atom stereocenters. The lowest BCUT2D eigenvalue weighted by Crippen LogP contribution is -2.28. The molecule has 1 heterocycles. The van der Waals surface area contributed by atoms with Gasteiger partial charge in [-0.15, -0.1) is 0 Å². The van der Waals surface area contributed by atoms with Crippen molar-refractivity contribution in [1.29, 1.82) is 0 Å². The van der Waals surface area contributed by atoms with Crippen LogP contribution in [0, 0.1) is 0 Å². The average Bonchev–Trinajstić information content (AvgIpc) is 2.29. The molecule has 3 nitrogen and oxygen atoms in total. The van der Waals surface area contributed by atoms with E-state index in [0.717, 1.165) is 16.6 Å². The van der Waals surface area contributed by atoms with Gasteiger partial charge in [0.25, 0.3) is 0 Å². The second-order valence-electron chi connectivity index (χ2n) is 5.54. The van der Waals surface area contributed by atoms with Gasteiger partial charge in [0.2, 0.25) is 0 Å². The number of halogens is 2. The van der Waals surface area contributed by atoms with Crippen LogP contribution in [0.2, 0.25) is 5.15 Å². The molecule has 0 aliphatic heterocycles. The highest BCUT2D eigenvalue weighted by atomic mass is 79.9. The number of ether oxygens (including phenoxy) is 1. The molecular formula is C13H20BrClN2O. The molecule has 5 heteroatoms. The number of rotatable bonds is 3. The third-order valence-electron chi connectivity index (χ3n) is 3.12. The Hall–Kier alpha value is -0.190. The predicted octanol–water partition coefficient (Wildman–Crippen LogP) is 4.46. The summed E-state index contributed by atoms with van der Waals surface area (Å²) in [6, 6.07) is 0. The average molecular weight is 336 g/mol. The molecule has 18 heavy (non-hydrogen) atoms. The summed E-state index contributed by atoms with van der Waals surface area (Å²) in [4.78, 5) is 8.99. The van der Waals surface area contributed by atoms with Crippen molar-refractivity contribution in [1.82, 2.24) is 9.97 Å². The molecule has 0 spiro atoms. The second-order valence-corrected chi connectivity index (χ2v) is 6.69. The molecule has 0 aromatic carbocycles. The molecular weight excluding hydrogens is 316 g/mol. The van der Waals surface area contributed by atoms with Gasteiger partial charge in [-0.3, -0.25) is 0 Å². The van der Waals surface area contributed by atoms with Crippen molar-refractivity contribution < 1.29 is 4.74 Å². The quantitative estimate of drug-likeness (QED) is 0.765. The minimum atomic E-state index is -0.510. The zero-order valence-corrected chi connectivity index (χ0v) is 14.1. The van der Waals surface area contributed by atoms with E-state index >= 15 is 0 Å². The SMILES string of the molecule is CCC(C)(OC)c1nc(Cl)c(Br)c(C(C)(C)C)n1. The number of methoxy groups -OCH3 is 1. The van der Waals surface area contributed by atoms with E-state index in [1.54, 1.807) is 7.11 Å². The summed E-state index contributed by atoms with van der Waals surface area (Å²) in [5.74, 6) is 0.630.